The van der Waals surface area contributed by atoms with Crippen molar-refractivity contribution in [3.05, 3.63) is 64.7 Å². The fourth-order valence-corrected chi connectivity index (χ4v) is 3.69. The van der Waals surface area contributed by atoms with Crippen molar-refractivity contribution in [2.24, 2.45) is 0 Å². The Hall–Kier alpha value is -1.53. The number of halogens is 1. The molecule has 138 valence electrons. The van der Waals surface area contributed by atoms with Crippen LogP contribution < -0.4 is 10.2 Å². The van der Waals surface area contributed by atoms with E-state index in [9.17, 15) is 4.79 Å². The van der Waals surface area contributed by atoms with Gasteiger partial charge in [0, 0.05) is 22.0 Å². The number of hydrogen-bond donors (Lipinski definition) is 2. The molecule has 0 atom stereocenters. The summed E-state index contributed by atoms with van der Waals surface area (Å²) in [5.74, 6) is 0.437. The van der Waals surface area contributed by atoms with Crippen LogP contribution in [0, 0.1) is 0 Å². The molecule has 2 N–H and O–H groups in total. The Labute approximate surface area is 163 Å². The molecule has 0 radical (unpaired) electrons. The van der Waals surface area contributed by atoms with Crippen LogP contribution in [0.25, 0.3) is 0 Å². The van der Waals surface area contributed by atoms with Crippen LogP contribution >= 0.6 is 23.4 Å². The molecule has 26 heavy (non-hydrogen) atoms. The molecule has 1 heterocycles. The molecule has 0 unspecified atom stereocenters. The number of ether oxygens (including phenoxy) is 1. The zero-order chi connectivity index (χ0) is 18.2. The second-order valence-corrected chi connectivity index (χ2v) is 7.86. The summed E-state index contributed by atoms with van der Waals surface area (Å²) in [6, 6.07) is 16.0. The van der Waals surface area contributed by atoms with Gasteiger partial charge < -0.3 is 15.0 Å². The van der Waals surface area contributed by atoms with Crippen LogP contribution in [0.1, 0.15) is 11.1 Å². The summed E-state index contributed by atoms with van der Waals surface area (Å²) in [6.45, 7) is 5.45. The molecule has 2 aromatic carbocycles. The highest BCUT2D eigenvalue weighted by Gasteiger charge is 2.13. The van der Waals surface area contributed by atoms with Gasteiger partial charge in [-0.25, -0.2) is 0 Å². The molecule has 0 saturated carbocycles. The van der Waals surface area contributed by atoms with Gasteiger partial charge in [0.2, 0.25) is 5.91 Å². The largest absolute Gasteiger partial charge is 0.370 e. The molecule has 6 heteroatoms. The Morgan fingerprint density at radius 3 is 2.38 bits per heavy atom. The number of amides is 1. The molecule has 4 nitrogen and oxygen atoms in total. The zero-order valence-electron chi connectivity index (χ0n) is 14.7. The van der Waals surface area contributed by atoms with Gasteiger partial charge in [-0.05, 0) is 29.8 Å². The topological polar surface area (TPSA) is 42.8 Å². The van der Waals surface area contributed by atoms with Crippen LogP contribution in [0.2, 0.25) is 5.02 Å². The third-order valence-electron chi connectivity index (χ3n) is 4.35. The number of nitrogens with one attached hydrogen (secondary N) is 2. The van der Waals surface area contributed by atoms with E-state index in [1.165, 1.54) is 17.3 Å². The van der Waals surface area contributed by atoms with Crippen LogP contribution in [0.4, 0.5) is 0 Å². The van der Waals surface area contributed by atoms with Gasteiger partial charge in [-0.15, -0.1) is 11.8 Å². The van der Waals surface area contributed by atoms with E-state index in [4.69, 9.17) is 16.3 Å². The molecule has 0 bridgehead atoms. The second-order valence-electron chi connectivity index (χ2n) is 6.37. The molecule has 0 aromatic heterocycles. The van der Waals surface area contributed by atoms with E-state index >= 15 is 0 Å². The summed E-state index contributed by atoms with van der Waals surface area (Å²) in [5, 5.41) is 3.68. The van der Waals surface area contributed by atoms with Gasteiger partial charge >= 0.3 is 0 Å². The van der Waals surface area contributed by atoms with Crippen molar-refractivity contribution in [2.45, 2.75) is 18.0 Å². The van der Waals surface area contributed by atoms with E-state index in [2.05, 4.69) is 29.6 Å². The summed E-state index contributed by atoms with van der Waals surface area (Å²) in [6.07, 6.45) is 0. The van der Waals surface area contributed by atoms with Gasteiger partial charge in [0.25, 0.3) is 0 Å². The van der Waals surface area contributed by atoms with Crippen LogP contribution in [-0.4, -0.2) is 38.0 Å². The molecule has 2 aromatic rings. The van der Waals surface area contributed by atoms with Crippen molar-refractivity contribution >= 4 is 29.3 Å². The normalized spacial score (nSPS) is 15.0. The first-order valence-corrected chi connectivity index (χ1v) is 10.2. The number of carbonyl (C=O) groups excluding carboxylic acids is 1. The third kappa shape index (κ3) is 6.32. The van der Waals surface area contributed by atoms with Crippen molar-refractivity contribution in [3.8, 4) is 0 Å². The number of morpholine rings is 1. The summed E-state index contributed by atoms with van der Waals surface area (Å²) in [5.41, 5.74) is 2.45. The van der Waals surface area contributed by atoms with Gasteiger partial charge in [0.05, 0.1) is 19.0 Å². The maximum absolute atomic E-state index is 12.0. The molecule has 1 fully saturated rings. The number of benzene rings is 2. The fourth-order valence-electron chi connectivity index (χ4n) is 2.83. The average molecular weight is 392 g/mol. The van der Waals surface area contributed by atoms with Gasteiger partial charge in [-0.1, -0.05) is 35.9 Å². The van der Waals surface area contributed by atoms with Crippen LogP contribution in [0.3, 0.4) is 0 Å². The lowest BCUT2D eigenvalue weighted by molar-refractivity contribution is -0.921. The average Bonchev–Trinajstić information content (AvgIpc) is 2.68. The van der Waals surface area contributed by atoms with E-state index in [0.29, 0.717) is 17.3 Å². The number of hydrogen-bond acceptors (Lipinski definition) is 3. The number of quaternary nitrogens is 1. The smallest absolute Gasteiger partial charge is 0.230 e. The predicted octanol–water partition coefficient (Wildman–Crippen LogP) is 2.16. The Morgan fingerprint density at radius 1 is 1.04 bits per heavy atom. The zero-order valence-corrected chi connectivity index (χ0v) is 16.2. The monoisotopic (exact) mass is 391 g/mol. The summed E-state index contributed by atoms with van der Waals surface area (Å²) in [7, 11) is 0. The molecule has 1 aliphatic rings. The van der Waals surface area contributed by atoms with Crippen molar-refractivity contribution in [2.75, 3.05) is 32.1 Å². The highest BCUT2D eigenvalue weighted by molar-refractivity contribution is 8.00. The molecular formula is C20H24ClN2O2S+. The van der Waals surface area contributed by atoms with Crippen molar-refractivity contribution < 1.29 is 14.4 Å². The molecule has 0 spiro atoms. The van der Waals surface area contributed by atoms with Gasteiger partial charge in [-0.3, -0.25) is 4.79 Å². The highest BCUT2D eigenvalue weighted by atomic mass is 35.5. The van der Waals surface area contributed by atoms with E-state index in [1.54, 1.807) is 4.90 Å². The van der Waals surface area contributed by atoms with Crippen LogP contribution in [0.5, 0.6) is 0 Å². The summed E-state index contributed by atoms with van der Waals surface area (Å²) in [4.78, 5) is 14.6. The van der Waals surface area contributed by atoms with E-state index < -0.39 is 0 Å². The highest BCUT2D eigenvalue weighted by Crippen LogP contribution is 2.19. The molecule has 1 amide bonds. The Balaban J connectivity index is 1.39. The second kappa shape index (κ2) is 9.97. The minimum Gasteiger partial charge on any atom is -0.370 e. The van der Waals surface area contributed by atoms with Gasteiger partial charge in [0.1, 0.15) is 19.6 Å². The quantitative estimate of drug-likeness (QED) is 0.711. The summed E-state index contributed by atoms with van der Waals surface area (Å²) >= 11 is 7.37. The van der Waals surface area contributed by atoms with Gasteiger partial charge in [-0.2, -0.15) is 0 Å². The first-order valence-electron chi connectivity index (χ1n) is 8.83. The van der Waals surface area contributed by atoms with E-state index in [0.717, 1.165) is 43.3 Å². The first kappa shape index (κ1) is 19.2. The first-order chi connectivity index (χ1) is 12.7. The lowest BCUT2D eigenvalue weighted by Crippen LogP contribution is -3.12. The predicted molar refractivity (Wildman–Crippen MR) is 106 cm³/mol. The lowest BCUT2D eigenvalue weighted by Gasteiger charge is -2.23. The number of thioether (sulfide) groups is 1. The Kier molecular flexibility index (Phi) is 7.38. The van der Waals surface area contributed by atoms with Crippen molar-refractivity contribution in [1.29, 1.82) is 0 Å². The van der Waals surface area contributed by atoms with Gasteiger partial charge in [0.15, 0.2) is 0 Å². The third-order valence-corrected chi connectivity index (χ3v) is 5.61. The molecule has 0 aliphatic carbocycles. The molecule has 1 aliphatic heterocycles. The molecule has 1 saturated heterocycles. The van der Waals surface area contributed by atoms with Crippen molar-refractivity contribution in [3.63, 3.8) is 0 Å². The van der Waals surface area contributed by atoms with Crippen LogP contribution in [0.15, 0.2) is 53.4 Å². The lowest BCUT2D eigenvalue weighted by atomic mass is 10.1. The Bertz CT molecular complexity index is 701. The Morgan fingerprint density at radius 2 is 1.69 bits per heavy atom. The minimum atomic E-state index is 0.0341. The number of carbonyl (C=O) groups is 1. The van der Waals surface area contributed by atoms with E-state index in [-0.39, 0.29) is 5.91 Å². The number of rotatable bonds is 7. The van der Waals surface area contributed by atoms with Crippen LogP contribution in [-0.2, 0) is 22.6 Å². The van der Waals surface area contributed by atoms with E-state index in [1.807, 2.05) is 24.3 Å². The fraction of sp³-hybridized carbons (Fsp3) is 0.350. The standard InChI is InChI=1S/C20H23ClN2O2S/c21-18-5-7-19(8-6-18)26-15-20(24)22-13-16-1-3-17(4-2-16)14-23-9-11-25-12-10-23/h1-8H,9-15H2,(H,22,24)/p+1. The summed E-state index contributed by atoms with van der Waals surface area (Å²) < 4.78 is 5.40. The maximum atomic E-state index is 12.0. The maximum Gasteiger partial charge on any atom is 0.230 e. The molecular weight excluding hydrogens is 368 g/mol. The van der Waals surface area contributed by atoms with Crippen molar-refractivity contribution in [1.82, 2.24) is 5.32 Å². The minimum absolute atomic E-state index is 0.0341. The SMILES string of the molecule is O=C(CSc1ccc(Cl)cc1)NCc1ccc(C[NH+]2CCOCC2)cc1. The molecule has 3 rings (SSSR count).